The van der Waals surface area contributed by atoms with Crippen molar-refractivity contribution in [1.82, 2.24) is 25.2 Å². The quantitative estimate of drug-likeness (QED) is 0.614. The molecule has 3 heterocycles. The SMILES string of the molecule is Cc1ccc(NC(=O)NCC2CCCN(C(=O)c3sc(-c4ncccn4)nc3C)C2)cc1. The Bertz CT molecular complexity index is 1080. The molecule has 2 aromatic heterocycles. The first-order valence-electron chi connectivity index (χ1n) is 10.6. The van der Waals surface area contributed by atoms with Gasteiger partial charge in [-0.1, -0.05) is 17.7 Å². The second-order valence-corrected chi connectivity index (χ2v) is 8.97. The second-order valence-electron chi connectivity index (χ2n) is 7.97. The van der Waals surface area contributed by atoms with Crippen LogP contribution in [0, 0.1) is 19.8 Å². The lowest BCUT2D eigenvalue weighted by atomic mass is 9.98. The molecule has 166 valence electrons. The summed E-state index contributed by atoms with van der Waals surface area (Å²) < 4.78 is 0. The van der Waals surface area contributed by atoms with Crippen LogP contribution in [0.5, 0.6) is 0 Å². The van der Waals surface area contributed by atoms with E-state index in [1.54, 1.807) is 18.5 Å². The highest BCUT2D eigenvalue weighted by atomic mass is 32.1. The molecule has 3 aromatic rings. The third kappa shape index (κ3) is 5.28. The van der Waals surface area contributed by atoms with Crippen molar-refractivity contribution in [2.24, 2.45) is 5.92 Å². The minimum absolute atomic E-state index is 0.0176. The number of nitrogens with zero attached hydrogens (tertiary/aromatic N) is 4. The number of likely N-dealkylation sites (tertiary alicyclic amines) is 1. The molecule has 4 rings (SSSR count). The molecule has 1 aliphatic rings. The Morgan fingerprint density at radius 1 is 1.16 bits per heavy atom. The zero-order valence-electron chi connectivity index (χ0n) is 18.2. The van der Waals surface area contributed by atoms with Crippen molar-refractivity contribution in [2.45, 2.75) is 26.7 Å². The summed E-state index contributed by atoms with van der Waals surface area (Å²) in [7, 11) is 0. The number of benzene rings is 1. The Hall–Kier alpha value is -3.33. The van der Waals surface area contributed by atoms with E-state index in [2.05, 4.69) is 25.6 Å². The van der Waals surface area contributed by atoms with E-state index >= 15 is 0 Å². The summed E-state index contributed by atoms with van der Waals surface area (Å²) in [5.74, 6) is 0.720. The third-order valence-electron chi connectivity index (χ3n) is 5.41. The normalized spacial score (nSPS) is 15.9. The molecule has 8 nitrogen and oxygen atoms in total. The molecule has 1 unspecified atom stereocenters. The number of nitrogens with one attached hydrogen (secondary N) is 2. The van der Waals surface area contributed by atoms with Gasteiger partial charge < -0.3 is 15.5 Å². The Morgan fingerprint density at radius 2 is 1.91 bits per heavy atom. The fourth-order valence-electron chi connectivity index (χ4n) is 3.71. The molecule has 2 N–H and O–H groups in total. The van der Waals surface area contributed by atoms with Gasteiger partial charge in [0.2, 0.25) is 0 Å². The minimum atomic E-state index is -0.233. The van der Waals surface area contributed by atoms with Gasteiger partial charge in [0.05, 0.1) is 5.69 Å². The maximum atomic E-state index is 13.2. The van der Waals surface area contributed by atoms with E-state index < -0.39 is 0 Å². The zero-order chi connectivity index (χ0) is 22.5. The fourth-order valence-corrected chi connectivity index (χ4v) is 4.69. The van der Waals surface area contributed by atoms with Gasteiger partial charge in [0.25, 0.3) is 5.91 Å². The number of hydrogen-bond acceptors (Lipinski definition) is 6. The number of amides is 3. The zero-order valence-corrected chi connectivity index (χ0v) is 19.0. The van der Waals surface area contributed by atoms with Crippen molar-refractivity contribution >= 4 is 29.0 Å². The van der Waals surface area contributed by atoms with Gasteiger partial charge in [-0.3, -0.25) is 4.79 Å². The molecule has 1 fully saturated rings. The number of aromatic nitrogens is 3. The van der Waals surface area contributed by atoms with Gasteiger partial charge in [-0.15, -0.1) is 11.3 Å². The van der Waals surface area contributed by atoms with Crippen molar-refractivity contribution in [3.8, 4) is 10.8 Å². The number of carbonyl (C=O) groups is 2. The number of aryl methyl sites for hydroxylation is 2. The lowest BCUT2D eigenvalue weighted by Crippen LogP contribution is -2.44. The van der Waals surface area contributed by atoms with Gasteiger partial charge in [-0.05, 0) is 50.8 Å². The molecular formula is C23H26N6O2S. The molecule has 0 bridgehead atoms. The van der Waals surface area contributed by atoms with Crippen molar-refractivity contribution < 1.29 is 9.59 Å². The predicted molar refractivity (Wildman–Crippen MR) is 125 cm³/mol. The van der Waals surface area contributed by atoms with E-state index in [4.69, 9.17) is 0 Å². The largest absolute Gasteiger partial charge is 0.338 e. The van der Waals surface area contributed by atoms with Crippen molar-refractivity contribution in [3.63, 3.8) is 0 Å². The lowest BCUT2D eigenvalue weighted by molar-refractivity contribution is 0.0679. The smallest absolute Gasteiger partial charge is 0.319 e. The lowest BCUT2D eigenvalue weighted by Gasteiger charge is -2.32. The van der Waals surface area contributed by atoms with E-state index in [-0.39, 0.29) is 17.9 Å². The van der Waals surface area contributed by atoms with Crippen molar-refractivity contribution in [1.29, 1.82) is 0 Å². The van der Waals surface area contributed by atoms with E-state index in [1.165, 1.54) is 11.3 Å². The number of piperidine rings is 1. The summed E-state index contributed by atoms with van der Waals surface area (Å²) in [5, 5.41) is 6.43. The van der Waals surface area contributed by atoms with Gasteiger partial charge in [0.1, 0.15) is 4.88 Å². The third-order valence-corrected chi connectivity index (χ3v) is 6.56. The number of carbonyl (C=O) groups excluding carboxylic acids is 2. The molecule has 1 aromatic carbocycles. The molecule has 9 heteroatoms. The Labute approximate surface area is 191 Å². The van der Waals surface area contributed by atoms with Gasteiger partial charge in [0.15, 0.2) is 10.8 Å². The van der Waals surface area contributed by atoms with E-state index in [0.717, 1.165) is 24.1 Å². The highest BCUT2D eigenvalue weighted by Crippen LogP contribution is 2.28. The molecule has 0 spiro atoms. The van der Waals surface area contributed by atoms with Crippen LogP contribution in [0.4, 0.5) is 10.5 Å². The maximum absolute atomic E-state index is 13.2. The molecule has 32 heavy (non-hydrogen) atoms. The van der Waals surface area contributed by atoms with Gasteiger partial charge in [0, 0.05) is 37.7 Å². The first kappa shape index (κ1) is 21.9. The van der Waals surface area contributed by atoms with Crippen LogP contribution >= 0.6 is 11.3 Å². The van der Waals surface area contributed by atoms with Crippen molar-refractivity contribution in [2.75, 3.05) is 25.0 Å². The number of urea groups is 1. The average Bonchev–Trinajstić information content (AvgIpc) is 3.21. The summed E-state index contributed by atoms with van der Waals surface area (Å²) in [5.41, 5.74) is 2.59. The molecule has 0 radical (unpaired) electrons. The van der Waals surface area contributed by atoms with E-state index in [9.17, 15) is 9.59 Å². The van der Waals surface area contributed by atoms with Crippen LogP contribution in [0.3, 0.4) is 0 Å². The van der Waals surface area contributed by atoms with Crippen LogP contribution in [-0.2, 0) is 0 Å². The van der Waals surface area contributed by atoms with Gasteiger partial charge in [-0.25, -0.2) is 19.7 Å². The first-order chi connectivity index (χ1) is 15.5. The molecule has 0 aliphatic carbocycles. The molecule has 3 amide bonds. The number of thiazole rings is 1. The monoisotopic (exact) mass is 450 g/mol. The van der Waals surface area contributed by atoms with Crippen LogP contribution in [0.2, 0.25) is 0 Å². The van der Waals surface area contributed by atoms with Gasteiger partial charge >= 0.3 is 6.03 Å². The van der Waals surface area contributed by atoms with E-state index in [1.807, 2.05) is 43.0 Å². The standard InChI is InChI=1S/C23H26N6O2S/c1-15-6-8-18(9-7-15)28-23(31)26-13-17-5-3-12-29(14-17)22(30)19-16(2)27-21(32-19)20-24-10-4-11-25-20/h4,6-11,17H,3,5,12-14H2,1-2H3,(H2,26,28,31). The van der Waals surface area contributed by atoms with E-state index in [0.29, 0.717) is 41.0 Å². The molecule has 1 atom stereocenters. The van der Waals surface area contributed by atoms with Gasteiger partial charge in [-0.2, -0.15) is 0 Å². The first-order valence-corrected chi connectivity index (χ1v) is 11.5. The van der Waals surface area contributed by atoms with Crippen LogP contribution in [0.25, 0.3) is 10.8 Å². The average molecular weight is 451 g/mol. The fraction of sp³-hybridized carbons (Fsp3) is 0.348. The van der Waals surface area contributed by atoms with Crippen LogP contribution in [0.1, 0.15) is 33.8 Å². The second kappa shape index (κ2) is 9.86. The summed E-state index contributed by atoms with van der Waals surface area (Å²) in [6.07, 6.45) is 5.21. The molecule has 1 aliphatic heterocycles. The number of rotatable bonds is 5. The van der Waals surface area contributed by atoms with Crippen LogP contribution < -0.4 is 10.6 Å². The highest BCUT2D eigenvalue weighted by molar-refractivity contribution is 7.17. The molecule has 0 saturated carbocycles. The Kier molecular flexibility index (Phi) is 6.75. The summed E-state index contributed by atoms with van der Waals surface area (Å²) in [4.78, 5) is 40.9. The number of hydrogen-bond donors (Lipinski definition) is 2. The molecule has 1 saturated heterocycles. The maximum Gasteiger partial charge on any atom is 0.319 e. The topological polar surface area (TPSA) is 100 Å². The summed E-state index contributed by atoms with van der Waals surface area (Å²) in [6.45, 7) is 5.68. The van der Waals surface area contributed by atoms with Crippen molar-refractivity contribution in [3.05, 3.63) is 58.9 Å². The van der Waals surface area contributed by atoms with Crippen LogP contribution in [-0.4, -0.2) is 51.4 Å². The predicted octanol–water partition coefficient (Wildman–Crippen LogP) is 3.89. The molecular weight excluding hydrogens is 424 g/mol. The number of anilines is 1. The Morgan fingerprint density at radius 3 is 2.66 bits per heavy atom. The Balaban J connectivity index is 1.33. The highest BCUT2D eigenvalue weighted by Gasteiger charge is 2.28. The minimum Gasteiger partial charge on any atom is -0.338 e. The van der Waals surface area contributed by atoms with Crippen LogP contribution in [0.15, 0.2) is 42.7 Å². The summed E-state index contributed by atoms with van der Waals surface area (Å²) in [6, 6.07) is 9.18. The summed E-state index contributed by atoms with van der Waals surface area (Å²) >= 11 is 1.33.